The summed E-state index contributed by atoms with van der Waals surface area (Å²) < 4.78 is 10.7. The zero-order chi connectivity index (χ0) is 41.2. The monoisotopic (exact) mass is 815 g/mol. The molecule has 2 atom stereocenters. The SMILES string of the molecule is O=C(NC1CCN(C[C@@H]2C[C@H](SC(c3ccccc3)(c3ccccc3)c3ccccc3)CN2C(=O)OCc2ccc([N+](=O)[O-])cc2)CC1)OCc1ccc([N+](=O)[O-])cc1. The molecule has 5 aromatic carbocycles. The fourth-order valence-electron chi connectivity index (χ4n) is 7.90. The Morgan fingerprint density at radius 2 is 1.14 bits per heavy atom. The number of thioether (sulfide) groups is 1. The molecule has 1 N–H and O–H groups in total. The fraction of sp³-hybridized carbons (Fsp3) is 0.289. The molecule has 5 aromatic rings. The molecule has 2 amide bonds. The number of benzene rings is 5. The van der Waals surface area contributed by atoms with Gasteiger partial charge in [0.05, 0.1) is 14.6 Å². The van der Waals surface area contributed by atoms with Crippen molar-refractivity contribution in [2.24, 2.45) is 0 Å². The van der Waals surface area contributed by atoms with Crippen molar-refractivity contribution in [2.75, 3.05) is 26.2 Å². The van der Waals surface area contributed by atoms with E-state index in [4.69, 9.17) is 9.47 Å². The van der Waals surface area contributed by atoms with E-state index in [1.54, 1.807) is 24.3 Å². The molecule has 14 heteroatoms. The molecule has 2 aliphatic heterocycles. The van der Waals surface area contributed by atoms with Crippen LogP contribution in [-0.2, 0) is 27.4 Å². The first-order valence-corrected chi connectivity index (χ1v) is 20.5. The van der Waals surface area contributed by atoms with Crippen LogP contribution in [0.2, 0.25) is 0 Å². The number of alkyl carbamates (subject to hydrolysis) is 1. The van der Waals surface area contributed by atoms with Gasteiger partial charge in [0, 0.05) is 67.8 Å². The number of rotatable bonds is 14. The maximum absolute atomic E-state index is 14.0. The van der Waals surface area contributed by atoms with Gasteiger partial charge in [0.2, 0.25) is 0 Å². The number of nitrogens with zero attached hydrogens (tertiary/aromatic N) is 4. The number of non-ortho nitro benzene ring substituents is 2. The van der Waals surface area contributed by atoms with Gasteiger partial charge in [-0.15, -0.1) is 11.8 Å². The van der Waals surface area contributed by atoms with Crippen molar-refractivity contribution in [1.82, 2.24) is 15.1 Å². The van der Waals surface area contributed by atoms with E-state index in [0.29, 0.717) is 50.1 Å². The second kappa shape index (κ2) is 19.0. The average molecular weight is 816 g/mol. The van der Waals surface area contributed by atoms with Crippen molar-refractivity contribution in [2.45, 2.75) is 54.6 Å². The van der Waals surface area contributed by atoms with Crippen LogP contribution in [0.4, 0.5) is 21.0 Å². The predicted molar refractivity (Wildman–Crippen MR) is 225 cm³/mol. The minimum atomic E-state index is -0.575. The quantitative estimate of drug-likeness (QED) is 0.0653. The third-order valence-corrected chi connectivity index (χ3v) is 12.6. The van der Waals surface area contributed by atoms with E-state index in [9.17, 15) is 29.8 Å². The highest BCUT2D eigenvalue weighted by atomic mass is 32.2. The number of nitro groups is 2. The second-order valence-electron chi connectivity index (χ2n) is 14.8. The first-order chi connectivity index (χ1) is 28.7. The van der Waals surface area contributed by atoms with E-state index < -0.39 is 26.8 Å². The van der Waals surface area contributed by atoms with Crippen LogP contribution >= 0.6 is 11.8 Å². The average Bonchev–Trinajstić information content (AvgIpc) is 3.67. The number of hydrogen-bond donors (Lipinski definition) is 1. The van der Waals surface area contributed by atoms with E-state index in [2.05, 4.69) is 83.0 Å². The number of nitrogens with one attached hydrogen (secondary N) is 1. The van der Waals surface area contributed by atoms with Gasteiger partial charge in [0.15, 0.2) is 0 Å². The van der Waals surface area contributed by atoms with Gasteiger partial charge >= 0.3 is 12.2 Å². The predicted octanol–water partition coefficient (Wildman–Crippen LogP) is 8.70. The molecule has 0 unspecified atom stereocenters. The Bertz CT molecular complexity index is 2090. The van der Waals surface area contributed by atoms with Gasteiger partial charge in [-0.3, -0.25) is 20.2 Å². The molecule has 13 nitrogen and oxygen atoms in total. The summed E-state index contributed by atoms with van der Waals surface area (Å²) in [5.74, 6) is 0. The van der Waals surface area contributed by atoms with Crippen molar-refractivity contribution in [3.63, 3.8) is 0 Å². The minimum absolute atomic E-state index is 0.000236. The van der Waals surface area contributed by atoms with Crippen LogP contribution < -0.4 is 5.32 Å². The van der Waals surface area contributed by atoms with Gasteiger partial charge in [0.1, 0.15) is 13.2 Å². The minimum Gasteiger partial charge on any atom is -0.445 e. The normalized spacial score (nSPS) is 17.3. The van der Waals surface area contributed by atoms with Gasteiger partial charge in [-0.05, 0) is 71.3 Å². The molecule has 0 aromatic heterocycles. The van der Waals surface area contributed by atoms with Crippen LogP contribution in [0.1, 0.15) is 47.1 Å². The molecule has 2 fully saturated rings. The van der Waals surface area contributed by atoms with Gasteiger partial charge < -0.3 is 24.6 Å². The van der Waals surface area contributed by atoms with E-state index in [1.807, 2.05) is 34.9 Å². The van der Waals surface area contributed by atoms with E-state index in [0.717, 1.165) is 23.1 Å². The first kappa shape index (κ1) is 40.9. The number of piperidine rings is 1. The summed E-state index contributed by atoms with van der Waals surface area (Å²) in [6.07, 6.45) is 1.13. The van der Waals surface area contributed by atoms with Crippen LogP contribution in [0, 0.1) is 20.2 Å². The molecule has 0 bridgehead atoms. The molecule has 2 heterocycles. The standard InChI is InChI=1S/C45H45N5O8S/c51-43(57-31-33-16-20-39(21-17-33)49(53)54)46-38-24-26-47(27-25-38)29-41-28-42(30-48(41)44(52)58-32-34-18-22-40(23-19-34)50(55)56)59-45(35-10-4-1-5-11-35,36-12-6-2-7-13-36)37-14-8-3-9-15-37/h1-23,38,41-42H,24-32H2,(H,46,51)/t41-,42-/m0/s1. The molecular weight excluding hydrogens is 771 g/mol. The summed E-state index contributed by atoms with van der Waals surface area (Å²) in [6.45, 7) is 2.47. The Labute approximate surface area is 346 Å². The number of ether oxygens (including phenoxy) is 2. The molecule has 59 heavy (non-hydrogen) atoms. The number of nitro benzene ring substituents is 2. The summed E-state index contributed by atoms with van der Waals surface area (Å²) in [5, 5.41) is 25.1. The summed E-state index contributed by atoms with van der Waals surface area (Å²) in [7, 11) is 0. The first-order valence-electron chi connectivity index (χ1n) is 19.6. The number of amides is 2. The lowest BCUT2D eigenvalue weighted by molar-refractivity contribution is -0.385. The maximum Gasteiger partial charge on any atom is 0.410 e. The van der Waals surface area contributed by atoms with Gasteiger partial charge in [-0.2, -0.15) is 0 Å². The second-order valence-corrected chi connectivity index (χ2v) is 16.3. The topological polar surface area (TPSA) is 157 Å². The maximum atomic E-state index is 14.0. The van der Waals surface area contributed by atoms with Crippen LogP contribution in [0.3, 0.4) is 0 Å². The third-order valence-electron chi connectivity index (χ3n) is 10.9. The molecule has 7 rings (SSSR count). The zero-order valence-corrected chi connectivity index (χ0v) is 33.2. The van der Waals surface area contributed by atoms with Crippen LogP contribution in [0.25, 0.3) is 0 Å². The molecule has 0 spiro atoms. The fourth-order valence-corrected chi connectivity index (χ4v) is 9.77. The Hall–Kier alpha value is -6.25. The lowest BCUT2D eigenvalue weighted by atomic mass is 9.84. The molecule has 0 radical (unpaired) electrons. The van der Waals surface area contributed by atoms with Crippen molar-refractivity contribution in [3.05, 3.63) is 188 Å². The van der Waals surface area contributed by atoms with Gasteiger partial charge in [-0.25, -0.2) is 9.59 Å². The summed E-state index contributed by atoms with van der Waals surface area (Å²) in [4.78, 5) is 52.0. The smallest absolute Gasteiger partial charge is 0.410 e. The molecule has 304 valence electrons. The molecule has 0 aliphatic carbocycles. The van der Waals surface area contributed by atoms with Crippen LogP contribution in [-0.4, -0.2) is 75.3 Å². The summed E-state index contributed by atoms with van der Waals surface area (Å²) in [5.41, 5.74) is 4.66. The highest BCUT2D eigenvalue weighted by molar-refractivity contribution is 8.01. The molecular formula is C45H45N5O8S. The lowest BCUT2D eigenvalue weighted by Gasteiger charge is -2.37. The largest absolute Gasteiger partial charge is 0.445 e. The number of carbonyl (C=O) groups is 2. The Balaban J connectivity index is 1.05. The molecule has 2 aliphatic rings. The van der Waals surface area contributed by atoms with Gasteiger partial charge in [-0.1, -0.05) is 91.0 Å². The van der Waals surface area contributed by atoms with Crippen LogP contribution in [0.5, 0.6) is 0 Å². The summed E-state index contributed by atoms with van der Waals surface area (Å²) >= 11 is 1.85. The zero-order valence-electron chi connectivity index (χ0n) is 32.3. The van der Waals surface area contributed by atoms with Gasteiger partial charge in [0.25, 0.3) is 11.4 Å². The lowest BCUT2D eigenvalue weighted by Crippen LogP contribution is -2.49. The Kier molecular flexibility index (Phi) is 13.2. The number of hydrogen-bond acceptors (Lipinski definition) is 10. The Morgan fingerprint density at radius 1 is 0.678 bits per heavy atom. The molecule has 0 saturated carbocycles. The Morgan fingerprint density at radius 3 is 1.59 bits per heavy atom. The van der Waals surface area contributed by atoms with Crippen molar-refractivity contribution >= 4 is 35.3 Å². The summed E-state index contributed by atoms with van der Waals surface area (Å²) in [6, 6.07) is 43.1. The van der Waals surface area contributed by atoms with Crippen molar-refractivity contribution in [3.8, 4) is 0 Å². The highest BCUT2D eigenvalue weighted by Crippen LogP contribution is 2.52. The highest BCUT2D eigenvalue weighted by Gasteiger charge is 2.45. The molecule has 2 saturated heterocycles. The van der Waals surface area contributed by atoms with Crippen LogP contribution in [0.15, 0.2) is 140 Å². The van der Waals surface area contributed by atoms with E-state index in [-0.39, 0.29) is 41.9 Å². The third kappa shape index (κ3) is 10.1. The van der Waals surface area contributed by atoms with Crippen molar-refractivity contribution in [1.29, 1.82) is 0 Å². The van der Waals surface area contributed by atoms with E-state index in [1.165, 1.54) is 24.3 Å². The number of carbonyl (C=O) groups excluding carboxylic acids is 2. The number of likely N-dealkylation sites (tertiary alicyclic amines) is 2. The van der Waals surface area contributed by atoms with Crippen molar-refractivity contribution < 1.29 is 28.9 Å². The van der Waals surface area contributed by atoms with E-state index >= 15 is 0 Å².